The fraction of sp³-hybridized carbons (Fsp3) is 0.375. The third-order valence-corrected chi connectivity index (χ3v) is 4.23. The van der Waals surface area contributed by atoms with E-state index in [1.165, 1.54) is 16.9 Å². The van der Waals surface area contributed by atoms with Gasteiger partial charge in [0.05, 0.1) is 12.1 Å². The second-order valence-corrected chi connectivity index (χ2v) is 5.86. The molecule has 0 radical (unpaired) electrons. The van der Waals surface area contributed by atoms with Crippen LogP contribution in [0, 0.1) is 0 Å². The molecule has 0 unspecified atom stereocenters. The number of nitrogens with zero attached hydrogens (tertiary/aromatic N) is 1. The Hall–Kier alpha value is -1.88. The van der Waals surface area contributed by atoms with E-state index in [4.69, 9.17) is 9.84 Å². The number of aromatic nitrogens is 1. The van der Waals surface area contributed by atoms with Gasteiger partial charge >= 0.3 is 5.97 Å². The molecule has 0 atom stereocenters. The fourth-order valence-electron chi connectivity index (χ4n) is 2.02. The summed E-state index contributed by atoms with van der Waals surface area (Å²) < 4.78 is 5.71. The topological polar surface area (TPSA) is 59.4 Å². The van der Waals surface area contributed by atoms with Gasteiger partial charge in [-0.25, -0.2) is 4.98 Å². The van der Waals surface area contributed by atoms with Gasteiger partial charge in [-0.2, -0.15) is 0 Å². The zero-order valence-electron chi connectivity index (χ0n) is 12.3. The molecular weight excluding hydrogens is 286 g/mol. The van der Waals surface area contributed by atoms with Gasteiger partial charge in [0.1, 0.15) is 17.4 Å². The van der Waals surface area contributed by atoms with E-state index in [0.29, 0.717) is 6.61 Å². The molecule has 21 heavy (non-hydrogen) atoms. The quantitative estimate of drug-likeness (QED) is 0.851. The van der Waals surface area contributed by atoms with Crippen LogP contribution in [0.15, 0.2) is 24.3 Å². The molecule has 0 aliphatic heterocycles. The molecule has 1 aromatic heterocycles. The summed E-state index contributed by atoms with van der Waals surface area (Å²) in [5, 5.41) is 9.72. The maximum absolute atomic E-state index is 10.8. The highest BCUT2D eigenvalue weighted by Gasteiger charge is 2.13. The predicted molar refractivity (Wildman–Crippen MR) is 83.0 cm³/mol. The minimum atomic E-state index is -0.823. The zero-order valence-corrected chi connectivity index (χ0v) is 13.1. The van der Waals surface area contributed by atoms with Gasteiger partial charge in [-0.1, -0.05) is 26.0 Å². The monoisotopic (exact) mass is 305 g/mol. The first-order valence-electron chi connectivity index (χ1n) is 7.03. The van der Waals surface area contributed by atoms with Gasteiger partial charge < -0.3 is 9.84 Å². The van der Waals surface area contributed by atoms with Crippen molar-refractivity contribution in [3.63, 3.8) is 0 Å². The summed E-state index contributed by atoms with van der Waals surface area (Å²) in [5.74, 6) is -0.0174. The molecule has 0 aliphatic carbocycles. The van der Waals surface area contributed by atoms with Crippen LogP contribution < -0.4 is 4.74 Å². The largest absolute Gasteiger partial charge is 0.486 e. The Balaban J connectivity index is 2.01. The standard InChI is InChI=1S/C16H19NO3S/c1-3-11-5-7-12(8-6-11)20-10-15-17-13(4-2)14(21-15)9-16(18)19/h5-8H,3-4,9-10H2,1-2H3,(H,18,19). The van der Waals surface area contributed by atoms with Crippen molar-refractivity contribution >= 4 is 17.3 Å². The van der Waals surface area contributed by atoms with Gasteiger partial charge in [0.15, 0.2) is 0 Å². The highest BCUT2D eigenvalue weighted by Crippen LogP contribution is 2.22. The fourth-order valence-corrected chi connectivity index (χ4v) is 3.08. The molecule has 0 bridgehead atoms. The number of hydrogen-bond acceptors (Lipinski definition) is 4. The summed E-state index contributed by atoms with van der Waals surface area (Å²) in [5.41, 5.74) is 2.14. The lowest BCUT2D eigenvalue weighted by atomic mass is 10.2. The van der Waals surface area contributed by atoms with E-state index in [1.807, 2.05) is 31.2 Å². The molecule has 1 heterocycles. The molecule has 4 nitrogen and oxygen atoms in total. The highest BCUT2D eigenvalue weighted by atomic mass is 32.1. The molecule has 2 aromatic rings. The zero-order chi connectivity index (χ0) is 15.2. The van der Waals surface area contributed by atoms with E-state index < -0.39 is 5.97 Å². The van der Waals surface area contributed by atoms with Crippen LogP contribution in [-0.4, -0.2) is 16.1 Å². The minimum Gasteiger partial charge on any atom is -0.486 e. The van der Waals surface area contributed by atoms with E-state index in [0.717, 1.165) is 34.2 Å². The molecule has 0 amide bonds. The predicted octanol–water partition coefficient (Wildman–Crippen LogP) is 3.47. The van der Waals surface area contributed by atoms with Crippen LogP contribution >= 0.6 is 11.3 Å². The van der Waals surface area contributed by atoms with Crippen molar-refractivity contribution in [3.05, 3.63) is 45.4 Å². The molecule has 1 aromatic carbocycles. The van der Waals surface area contributed by atoms with Crippen molar-refractivity contribution < 1.29 is 14.6 Å². The van der Waals surface area contributed by atoms with Gasteiger partial charge in [-0.05, 0) is 30.5 Å². The molecular formula is C16H19NO3S. The van der Waals surface area contributed by atoms with Crippen molar-refractivity contribution in [2.75, 3.05) is 0 Å². The van der Waals surface area contributed by atoms with Gasteiger partial charge in [-0.15, -0.1) is 11.3 Å². The Morgan fingerprint density at radius 3 is 2.52 bits per heavy atom. The van der Waals surface area contributed by atoms with Gasteiger partial charge in [0.2, 0.25) is 0 Å². The lowest BCUT2D eigenvalue weighted by Crippen LogP contribution is -2.00. The van der Waals surface area contributed by atoms with Crippen LogP contribution in [0.2, 0.25) is 0 Å². The highest BCUT2D eigenvalue weighted by molar-refractivity contribution is 7.11. The lowest BCUT2D eigenvalue weighted by molar-refractivity contribution is -0.136. The summed E-state index contributed by atoms with van der Waals surface area (Å²) in [4.78, 5) is 16.1. The van der Waals surface area contributed by atoms with Crippen LogP contribution in [0.25, 0.3) is 0 Å². The van der Waals surface area contributed by atoms with Crippen molar-refractivity contribution in [1.29, 1.82) is 0 Å². The van der Waals surface area contributed by atoms with E-state index in [9.17, 15) is 4.79 Å². The van der Waals surface area contributed by atoms with Crippen LogP contribution in [0.5, 0.6) is 5.75 Å². The van der Waals surface area contributed by atoms with Crippen molar-refractivity contribution in [1.82, 2.24) is 4.98 Å². The average molecular weight is 305 g/mol. The number of carbonyl (C=O) groups is 1. The van der Waals surface area contributed by atoms with Crippen LogP contribution in [0.3, 0.4) is 0 Å². The molecule has 1 N–H and O–H groups in total. The average Bonchev–Trinajstić information content (AvgIpc) is 2.87. The summed E-state index contributed by atoms with van der Waals surface area (Å²) in [7, 11) is 0. The third-order valence-electron chi connectivity index (χ3n) is 3.16. The number of ether oxygens (including phenoxy) is 1. The van der Waals surface area contributed by atoms with Crippen molar-refractivity contribution in [2.45, 2.75) is 39.7 Å². The van der Waals surface area contributed by atoms with Gasteiger partial charge in [-0.3, -0.25) is 4.79 Å². The van der Waals surface area contributed by atoms with Gasteiger partial charge in [0.25, 0.3) is 0 Å². The normalized spacial score (nSPS) is 10.6. The van der Waals surface area contributed by atoms with Crippen molar-refractivity contribution in [3.8, 4) is 5.75 Å². The number of aryl methyl sites for hydroxylation is 2. The number of aliphatic carboxylic acids is 1. The second kappa shape index (κ2) is 7.22. The summed E-state index contributed by atoms with van der Waals surface area (Å²) in [6.07, 6.45) is 1.78. The SMILES string of the molecule is CCc1ccc(OCc2nc(CC)c(CC(=O)O)s2)cc1. The molecule has 112 valence electrons. The molecule has 0 aliphatic rings. The maximum Gasteiger partial charge on any atom is 0.308 e. The first-order valence-corrected chi connectivity index (χ1v) is 7.85. The first-order chi connectivity index (χ1) is 10.1. The smallest absolute Gasteiger partial charge is 0.308 e. The Morgan fingerprint density at radius 1 is 1.24 bits per heavy atom. The van der Waals surface area contributed by atoms with Crippen LogP contribution in [0.1, 0.15) is 35.0 Å². The Labute approximate surface area is 128 Å². The van der Waals surface area contributed by atoms with Gasteiger partial charge in [0, 0.05) is 4.88 Å². The Kier molecular flexibility index (Phi) is 5.33. The molecule has 0 fully saturated rings. The molecule has 0 saturated heterocycles. The van der Waals surface area contributed by atoms with Crippen molar-refractivity contribution in [2.24, 2.45) is 0 Å². The number of carboxylic acids is 1. The number of benzene rings is 1. The molecule has 2 rings (SSSR count). The summed E-state index contributed by atoms with van der Waals surface area (Å²) in [6, 6.07) is 7.99. The molecule has 5 heteroatoms. The number of rotatable bonds is 7. The second-order valence-electron chi connectivity index (χ2n) is 4.69. The first kappa shape index (κ1) is 15.5. The van der Waals surface area contributed by atoms with Crippen LogP contribution in [-0.2, 0) is 30.7 Å². The number of hydrogen-bond donors (Lipinski definition) is 1. The summed E-state index contributed by atoms with van der Waals surface area (Å²) >= 11 is 1.42. The maximum atomic E-state index is 10.8. The van der Waals surface area contributed by atoms with E-state index in [2.05, 4.69) is 11.9 Å². The van der Waals surface area contributed by atoms with E-state index >= 15 is 0 Å². The summed E-state index contributed by atoms with van der Waals surface area (Å²) in [6.45, 7) is 4.47. The minimum absolute atomic E-state index is 0.0338. The Bertz CT molecular complexity index is 604. The van der Waals surface area contributed by atoms with E-state index in [1.54, 1.807) is 0 Å². The number of carboxylic acid groups (broad SMARTS) is 1. The third kappa shape index (κ3) is 4.29. The lowest BCUT2D eigenvalue weighted by Gasteiger charge is -2.04. The Morgan fingerprint density at radius 2 is 1.95 bits per heavy atom. The molecule has 0 spiro atoms. The molecule has 0 saturated carbocycles. The van der Waals surface area contributed by atoms with E-state index in [-0.39, 0.29) is 6.42 Å². The van der Waals surface area contributed by atoms with Crippen LogP contribution in [0.4, 0.5) is 0 Å². The number of thiazole rings is 1.